The summed E-state index contributed by atoms with van der Waals surface area (Å²) >= 11 is 0. The molecule has 3 rings (SSSR count). The maximum Gasteiger partial charge on any atom is 0.161 e. The monoisotopic (exact) mass is 344 g/mol. The molecule has 0 spiro atoms. The van der Waals surface area contributed by atoms with Gasteiger partial charge in [0.1, 0.15) is 11.5 Å². The zero-order valence-electron chi connectivity index (χ0n) is 15.6. The fraction of sp³-hybridized carbons (Fsp3) is 0.550. The molecule has 136 valence electrons. The summed E-state index contributed by atoms with van der Waals surface area (Å²) in [7, 11) is 1.68. The van der Waals surface area contributed by atoms with Crippen LogP contribution in [0.1, 0.15) is 62.6 Å². The molecule has 0 radical (unpaired) electrons. The molecule has 0 bridgehead atoms. The number of methoxy groups -OCH3 is 1. The van der Waals surface area contributed by atoms with E-state index in [1.165, 1.54) is 12.0 Å². The summed E-state index contributed by atoms with van der Waals surface area (Å²) in [4.78, 5) is 2.47. The summed E-state index contributed by atoms with van der Waals surface area (Å²) in [5, 5.41) is 4.32. The summed E-state index contributed by atoms with van der Waals surface area (Å²) in [5.41, 5.74) is 2.28. The van der Waals surface area contributed by atoms with Crippen molar-refractivity contribution in [2.24, 2.45) is 0 Å². The van der Waals surface area contributed by atoms with Crippen LogP contribution in [0.4, 0.5) is 0 Å². The Bertz CT molecular complexity index is 696. The van der Waals surface area contributed by atoms with Gasteiger partial charge in [0.05, 0.1) is 19.8 Å². The third-order valence-electron chi connectivity index (χ3n) is 4.73. The van der Waals surface area contributed by atoms with Gasteiger partial charge in [-0.2, -0.15) is 0 Å². The Balaban J connectivity index is 1.74. The van der Waals surface area contributed by atoms with Gasteiger partial charge in [0.15, 0.2) is 11.5 Å². The van der Waals surface area contributed by atoms with Crippen molar-refractivity contribution >= 4 is 0 Å². The van der Waals surface area contributed by atoms with Crippen LogP contribution in [0.2, 0.25) is 0 Å². The number of rotatable bonds is 7. The fourth-order valence-electron chi connectivity index (χ4n) is 3.40. The highest BCUT2D eigenvalue weighted by Crippen LogP contribution is 2.35. The van der Waals surface area contributed by atoms with Crippen LogP contribution in [0.5, 0.6) is 11.5 Å². The Labute approximate surface area is 149 Å². The second kappa shape index (κ2) is 7.91. The number of ether oxygens (including phenoxy) is 2. The van der Waals surface area contributed by atoms with Crippen molar-refractivity contribution < 1.29 is 14.0 Å². The minimum atomic E-state index is 0.328. The van der Waals surface area contributed by atoms with Gasteiger partial charge < -0.3 is 14.0 Å². The SMILES string of the molecule is CCOc1ccc(CN2CCCC2c2cc(C(C)C)on2)cc1OC. The Morgan fingerprint density at radius 1 is 1.28 bits per heavy atom. The van der Waals surface area contributed by atoms with Crippen molar-refractivity contribution in [2.75, 3.05) is 20.3 Å². The first-order valence-corrected chi connectivity index (χ1v) is 9.12. The van der Waals surface area contributed by atoms with E-state index in [0.29, 0.717) is 18.6 Å². The van der Waals surface area contributed by atoms with Crippen molar-refractivity contribution in [2.45, 2.75) is 52.1 Å². The number of hydrogen-bond acceptors (Lipinski definition) is 5. The second-order valence-corrected chi connectivity index (χ2v) is 6.86. The van der Waals surface area contributed by atoms with E-state index in [0.717, 1.165) is 42.5 Å². The van der Waals surface area contributed by atoms with Crippen LogP contribution in [0, 0.1) is 0 Å². The van der Waals surface area contributed by atoms with Crippen molar-refractivity contribution in [3.05, 3.63) is 41.3 Å². The van der Waals surface area contributed by atoms with Crippen LogP contribution < -0.4 is 9.47 Å². The lowest BCUT2D eigenvalue weighted by Crippen LogP contribution is -2.23. The van der Waals surface area contributed by atoms with Crippen LogP contribution in [-0.2, 0) is 6.54 Å². The first-order valence-electron chi connectivity index (χ1n) is 9.12. The highest BCUT2D eigenvalue weighted by Gasteiger charge is 2.29. The Morgan fingerprint density at radius 3 is 2.80 bits per heavy atom. The number of hydrogen-bond donors (Lipinski definition) is 0. The van der Waals surface area contributed by atoms with E-state index in [1.54, 1.807) is 7.11 Å². The van der Waals surface area contributed by atoms with Crippen LogP contribution in [-0.4, -0.2) is 30.3 Å². The maximum atomic E-state index is 5.61. The van der Waals surface area contributed by atoms with Gasteiger partial charge in [0.25, 0.3) is 0 Å². The molecule has 1 aromatic carbocycles. The Hall–Kier alpha value is -2.01. The molecule has 1 unspecified atom stereocenters. The molecule has 0 N–H and O–H groups in total. The topological polar surface area (TPSA) is 47.7 Å². The third-order valence-corrected chi connectivity index (χ3v) is 4.73. The fourth-order valence-corrected chi connectivity index (χ4v) is 3.40. The molecule has 5 nitrogen and oxygen atoms in total. The van der Waals surface area contributed by atoms with Gasteiger partial charge in [0, 0.05) is 18.5 Å². The van der Waals surface area contributed by atoms with Gasteiger partial charge in [-0.3, -0.25) is 4.90 Å². The van der Waals surface area contributed by atoms with E-state index >= 15 is 0 Å². The number of aromatic nitrogens is 1. The average Bonchev–Trinajstić information content (AvgIpc) is 3.25. The molecule has 1 atom stereocenters. The van der Waals surface area contributed by atoms with E-state index in [1.807, 2.05) is 13.0 Å². The van der Waals surface area contributed by atoms with Crippen LogP contribution in [0.15, 0.2) is 28.8 Å². The standard InChI is InChI=1S/C20H28N2O3/c1-5-24-18-9-8-15(11-20(18)23-4)13-22-10-6-7-17(22)16-12-19(14(2)3)25-21-16/h8-9,11-12,14,17H,5-7,10,13H2,1-4H3. The lowest BCUT2D eigenvalue weighted by Gasteiger charge is -2.23. The Morgan fingerprint density at radius 2 is 2.12 bits per heavy atom. The van der Waals surface area contributed by atoms with Crippen LogP contribution in [0.3, 0.4) is 0 Å². The third kappa shape index (κ3) is 3.98. The molecule has 1 fully saturated rings. The molecule has 1 aliphatic rings. The van der Waals surface area contributed by atoms with E-state index in [2.05, 4.69) is 42.1 Å². The molecule has 2 aromatic rings. The molecule has 1 aromatic heterocycles. The van der Waals surface area contributed by atoms with Gasteiger partial charge in [-0.15, -0.1) is 0 Å². The van der Waals surface area contributed by atoms with Gasteiger partial charge >= 0.3 is 0 Å². The smallest absolute Gasteiger partial charge is 0.161 e. The van der Waals surface area contributed by atoms with Crippen molar-refractivity contribution in [1.29, 1.82) is 0 Å². The zero-order chi connectivity index (χ0) is 17.8. The lowest BCUT2D eigenvalue weighted by atomic mass is 10.1. The molecular formula is C20H28N2O3. The highest BCUT2D eigenvalue weighted by atomic mass is 16.5. The highest BCUT2D eigenvalue weighted by molar-refractivity contribution is 5.43. The lowest BCUT2D eigenvalue weighted by molar-refractivity contribution is 0.235. The normalized spacial score (nSPS) is 18.0. The van der Waals surface area contributed by atoms with E-state index in [9.17, 15) is 0 Å². The van der Waals surface area contributed by atoms with Crippen molar-refractivity contribution in [3.63, 3.8) is 0 Å². The van der Waals surface area contributed by atoms with Gasteiger partial charge in [-0.05, 0) is 44.0 Å². The van der Waals surface area contributed by atoms with Crippen LogP contribution in [0.25, 0.3) is 0 Å². The molecule has 5 heteroatoms. The van der Waals surface area contributed by atoms with Crippen molar-refractivity contribution in [1.82, 2.24) is 10.1 Å². The van der Waals surface area contributed by atoms with Crippen LogP contribution >= 0.6 is 0 Å². The van der Waals surface area contributed by atoms with Gasteiger partial charge in [0.2, 0.25) is 0 Å². The largest absolute Gasteiger partial charge is 0.493 e. The van der Waals surface area contributed by atoms with Crippen molar-refractivity contribution in [3.8, 4) is 11.5 Å². The minimum Gasteiger partial charge on any atom is -0.493 e. The van der Waals surface area contributed by atoms with Gasteiger partial charge in [-0.25, -0.2) is 0 Å². The number of benzene rings is 1. The van der Waals surface area contributed by atoms with E-state index in [4.69, 9.17) is 14.0 Å². The maximum absolute atomic E-state index is 5.61. The zero-order valence-corrected chi connectivity index (χ0v) is 15.6. The predicted octanol–water partition coefficient (Wildman–Crippen LogP) is 4.54. The minimum absolute atomic E-state index is 0.328. The molecular weight excluding hydrogens is 316 g/mol. The predicted molar refractivity (Wildman–Crippen MR) is 97.1 cm³/mol. The Kier molecular flexibility index (Phi) is 5.63. The number of likely N-dealkylation sites (tertiary alicyclic amines) is 1. The quantitative estimate of drug-likeness (QED) is 0.738. The van der Waals surface area contributed by atoms with E-state index < -0.39 is 0 Å². The average molecular weight is 344 g/mol. The molecule has 25 heavy (non-hydrogen) atoms. The molecule has 1 saturated heterocycles. The summed E-state index contributed by atoms with van der Waals surface area (Å²) < 4.78 is 16.6. The molecule has 0 amide bonds. The molecule has 0 saturated carbocycles. The summed E-state index contributed by atoms with van der Waals surface area (Å²) in [6.07, 6.45) is 2.31. The molecule has 2 heterocycles. The molecule has 0 aliphatic carbocycles. The summed E-state index contributed by atoms with van der Waals surface area (Å²) in [6, 6.07) is 8.63. The van der Waals surface area contributed by atoms with E-state index in [-0.39, 0.29) is 0 Å². The summed E-state index contributed by atoms with van der Waals surface area (Å²) in [5.74, 6) is 2.92. The number of nitrogens with zero attached hydrogens (tertiary/aromatic N) is 2. The first kappa shape index (κ1) is 17.8. The second-order valence-electron chi connectivity index (χ2n) is 6.86. The summed E-state index contributed by atoms with van der Waals surface area (Å²) in [6.45, 7) is 8.81. The first-order chi connectivity index (χ1) is 12.1. The van der Waals surface area contributed by atoms with Gasteiger partial charge in [-0.1, -0.05) is 25.1 Å². The molecule has 1 aliphatic heterocycles.